The molecule has 3 amide bonds. The molecule has 0 unspecified atom stereocenters. The summed E-state index contributed by atoms with van der Waals surface area (Å²) >= 11 is 0. The zero-order chi connectivity index (χ0) is 18.8. The first-order chi connectivity index (χ1) is 12.3. The van der Waals surface area contributed by atoms with Gasteiger partial charge in [-0.25, -0.2) is 4.79 Å². The quantitative estimate of drug-likeness (QED) is 0.888. The maximum Gasteiger partial charge on any atom is 0.415 e. The van der Waals surface area contributed by atoms with Gasteiger partial charge in [0, 0.05) is 13.1 Å². The topological polar surface area (TPSA) is 79.0 Å². The smallest absolute Gasteiger partial charge is 0.410 e. The number of nitrogens with zero attached hydrogens (tertiary/aromatic N) is 2. The normalized spacial score (nSPS) is 22.9. The van der Waals surface area contributed by atoms with Crippen LogP contribution in [0.25, 0.3) is 0 Å². The molecule has 2 fully saturated rings. The van der Waals surface area contributed by atoms with Gasteiger partial charge in [0.15, 0.2) is 0 Å². The summed E-state index contributed by atoms with van der Waals surface area (Å²) in [4.78, 5) is 40.5. The first-order valence-corrected chi connectivity index (χ1v) is 8.99. The minimum absolute atomic E-state index is 0.0603. The molecule has 2 atom stereocenters. The van der Waals surface area contributed by atoms with Gasteiger partial charge in [-0.3, -0.25) is 9.59 Å². The summed E-state index contributed by atoms with van der Waals surface area (Å²) in [6.07, 6.45) is 0.116. The van der Waals surface area contributed by atoms with Crippen LogP contribution in [0, 0.1) is 12.8 Å². The Morgan fingerprint density at radius 1 is 1.23 bits per heavy atom. The maximum absolute atomic E-state index is 12.6. The van der Waals surface area contributed by atoms with E-state index in [4.69, 9.17) is 4.74 Å². The van der Waals surface area contributed by atoms with Gasteiger partial charge in [0.25, 0.3) is 0 Å². The lowest BCUT2D eigenvalue weighted by Gasteiger charge is -2.45. The molecule has 2 aliphatic rings. The van der Waals surface area contributed by atoms with Gasteiger partial charge in [-0.05, 0) is 31.4 Å². The molecule has 0 spiro atoms. The van der Waals surface area contributed by atoms with E-state index in [1.54, 1.807) is 17.0 Å². The Bertz CT molecular complexity index is 701. The number of nitrogens with one attached hydrogen (secondary N) is 1. The highest BCUT2D eigenvalue weighted by Crippen LogP contribution is 2.21. The molecule has 1 aromatic carbocycles. The number of carbonyl (C=O) groups is 3. The Kier molecular flexibility index (Phi) is 5.15. The Balaban J connectivity index is 1.64. The number of hydrogen-bond donors (Lipinski definition) is 1. The standard InChI is InChI=1S/C19H25N3O4/c1-12(2)10-15-18(24)22-9-8-21(11-16(22)17(23)20-15)19(25)26-14-6-4-13(3)5-7-14/h4-7,12,15-16H,8-11H2,1-3H3,(H,20,23)/t15-,16+/m0/s1. The van der Waals surface area contributed by atoms with Crippen molar-refractivity contribution < 1.29 is 19.1 Å². The van der Waals surface area contributed by atoms with Crippen LogP contribution in [0.2, 0.25) is 0 Å². The highest BCUT2D eigenvalue weighted by molar-refractivity contribution is 5.97. The number of fused-ring (bicyclic) bond motifs is 1. The van der Waals surface area contributed by atoms with E-state index in [0.717, 1.165) is 5.56 Å². The lowest BCUT2D eigenvalue weighted by atomic mass is 9.97. The molecule has 7 heteroatoms. The Morgan fingerprint density at radius 2 is 1.92 bits per heavy atom. The molecule has 2 saturated heterocycles. The van der Waals surface area contributed by atoms with Crippen molar-refractivity contribution >= 4 is 17.9 Å². The molecule has 1 N–H and O–H groups in total. The van der Waals surface area contributed by atoms with Crippen LogP contribution in [0.4, 0.5) is 4.79 Å². The van der Waals surface area contributed by atoms with Gasteiger partial charge >= 0.3 is 6.09 Å². The van der Waals surface area contributed by atoms with E-state index in [1.165, 1.54) is 4.90 Å². The molecule has 0 aromatic heterocycles. The van der Waals surface area contributed by atoms with Crippen molar-refractivity contribution in [2.45, 2.75) is 39.3 Å². The average molecular weight is 359 g/mol. The highest BCUT2D eigenvalue weighted by atomic mass is 16.6. The van der Waals surface area contributed by atoms with Crippen LogP contribution in [0.3, 0.4) is 0 Å². The second-order valence-corrected chi connectivity index (χ2v) is 7.37. The fourth-order valence-electron chi connectivity index (χ4n) is 3.37. The third-order valence-corrected chi connectivity index (χ3v) is 4.77. The summed E-state index contributed by atoms with van der Waals surface area (Å²) in [5.41, 5.74) is 1.08. The molecule has 0 aliphatic carbocycles. The van der Waals surface area contributed by atoms with E-state index in [-0.39, 0.29) is 18.4 Å². The van der Waals surface area contributed by atoms with E-state index in [2.05, 4.69) is 5.32 Å². The van der Waals surface area contributed by atoms with Gasteiger partial charge in [-0.1, -0.05) is 31.5 Å². The van der Waals surface area contributed by atoms with Crippen molar-refractivity contribution in [1.82, 2.24) is 15.1 Å². The van der Waals surface area contributed by atoms with Crippen LogP contribution in [-0.4, -0.2) is 59.4 Å². The molecule has 2 heterocycles. The van der Waals surface area contributed by atoms with Gasteiger partial charge in [0.1, 0.15) is 17.8 Å². The zero-order valence-corrected chi connectivity index (χ0v) is 15.4. The monoisotopic (exact) mass is 359 g/mol. The van der Waals surface area contributed by atoms with E-state index < -0.39 is 18.2 Å². The molecule has 0 bridgehead atoms. The van der Waals surface area contributed by atoms with Gasteiger partial charge in [0.2, 0.25) is 11.8 Å². The van der Waals surface area contributed by atoms with Crippen LogP contribution < -0.4 is 10.1 Å². The van der Waals surface area contributed by atoms with Crippen LogP contribution in [0.5, 0.6) is 5.75 Å². The Labute approximate surface area is 153 Å². The molecule has 7 nitrogen and oxygen atoms in total. The Hall–Kier alpha value is -2.57. The van der Waals surface area contributed by atoms with Gasteiger partial charge in [-0.15, -0.1) is 0 Å². The third-order valence-electron chi connectivity index (χ3n) is 4.77. The highest BCUT2D eigenvalue weighted by Gasteiger charge is 2.44. The molecule has 1 aromatic rings. The number of ether oxygens (including phenoxy) is 1. The maximum atomic E-state index is 12.6. The lowest BCUT2D eigenvalue weighted by Crippen LogP contribution is -2.69. The van der Waals surface area contributed by atoms with Crippen LogP contribution >= 0.6 is 0 Å². The summed E-state index contributed by atoms with van der Waals surface area (Å²) < 4.78 is 5.38. The number of carbonyl (C=O) groups excluding carboxylic acids is 3. The zero-order valence-electron chi connectivity index (χ0n) is 15.4. The summed E-state index contributed by atoms with van der Waals surface area (Å²) in [6.45, 7) is 6.84. The van der Waals surface area contributed by atoms with E-state index in [0.29, 0.717) is 31.2 Å². The minimum atomic E-state index is -0.648. The number of rotatable bonds is 3. The second kappa shape index (κ2) is 7.35. The predicted molar refractivity (Wildman–Crippen MR) is 95.7 cm³/mol. The van der Waals surface area contributed by atoms with Crippen LogP contribution in [0.15, 0.2) is 24.3 Å². The van der Waals surface area contributed by atoms with Crippen molar-refractivity contribution in [1.29, 1.82) is 0 Å². The van der Waals surface area contributed by atoms with E-state index >= 15 is 0 Å². The fraction of sp³-hybridized carbons (Fsp3) is 0.526. The first kappa shape index (κ1) is 18.2. The number of hydrogen-bond acceptors (Lipinski definition) is 4. The molecule has 0 radical (unpaired) electrons. The predicted octanol–water partition coefficient (Wildman–Crippen LogP) is 1.55. The van der Waals surface area contributed by atoms with E-state index in [1.807, 2.05) is 32.9 Å². The number of benzene rings is 1. The summed E-state index contributed by atoms with van der Waals surface area (Å²) in [5, 5.41) is 2.80. The lowest BCUT2D eigenvalue weighted by molar-refractivity contribution is -0.152. The van der Waals surface area contributed by atoms with Gasteiger partial charge in [0.05, 0.1) is 6.54 Å². The molecule has 26 heavy (non-hydrogen) atoms. The largest absolute Gasteiger partial charge is 0.415 e. The summed E-state index contributed by atoms with van der Waals surface area (Å²) in [6, 6.07) is 6.08. The van der Waals surface area contributed by atoms with Crippen LogP contribution in [0.1, 0.15) is 25.8 Å². The minimum Gasteiger partial charge on any atom is -0.410 e. The third kappa shape index (κ3) is 3.81. The van der Waals surface area contributed by atoms with Crippen molar-refractivity contribution in [3.63, 3.8) is 0 Å². The first-order valence-electron chi connectivity index (χ1n) is 8.99. The summed E-state index contributed by atoms with van der Waals surface area (Å²) in [7, 11) is 0. The summed E-state index contributed by atoms with van der Waals surface area (Å²) in [5.74, 6) is 0.508. The SMILES string of the molecule is Cc1ccc(OC(=O)N2CCN3C(=O)[C@H](CC(C)C)NC(=O)[C@H]3C2)cc1. The molecular formula is C19H25N3O4. The molecule has 0 saturated carbocycles. The van der Waals surface area contributed by atoms with E-state index in [9.17, 15) is 14.4 Å². The number of amides is 3. The van der Waals surface area contributed by atoms with Crippen molar-refractivity contribution in [3.8, 4) is 5.75 Å². The molecule has 3 rings (SSSR count). The average Bonchev–Trinajstić information content (AvgIpc) is 2.60. The van der Waals surface area contributed by atoms with Gasteiger partial charge < -0.3 is 19.9 Å². The molecule has 140 valence electrons. The second-order valence-electron chi connectivity index (χ2n) is 7.37. The van der Waals surface area contributed by atoms with Gasteiger partial charge in [-0.2, -0.15) is 0 Å². The fourth-order valence-corrected chi connectivity index (χ4v) is 3.37. The Morgan fingerprint density at radius 3 is 2.58 bits per heavy atom. The molecule has 2 aliphatic heterocycles. The molecular weight excluding hydrogens is 334 g/mol. The number of piperazine rings is 2. The van der Waals surface area contributed by atoms with Crippen molar-refractivity contribution in [3.05, 3.63) is 29.8 Å². The van der Waals surface area contributed by atoms with Crippen LogP contribution in [-0.2, 0) is 9.59 Å². The van der Waals surface area contributed by atoms with Crippen molar-refractivity contribution in [2.75, 3.05) is 19.6 Å². The van der Waals surface area contributed by atoms with Crippen molar-refractivity contribution in [2.24, 2.45) is 5.92 Å². The number of aryl methyl sites for hydroxylation is 1.